The lowest BCUT2D eigenvalue weighted by atomic mass is 10.1. The molecular weight excluding hydrogens is 472 g/mol. The van der Waals surface area contributed by atoms with Gasteiger partial charge in [0.05, 0.1) is 0 Å². The lowest BCUT2D eigenvalue weighted by Crippen LogP contribution is -2.08. The predicted octanol–water partition coefficient (Wildman–Crippen LogP) is 6.89. The number of benzene rings is 4. The third-order valence-corrected chi connectivity index (χ3v) is 5.45. The number of carbonyl (C=O) groups is 3. The Kier molecular flexibility index (Phi) is 8.92. The van der Waals surface area contributed by atoms with Crippen molar-refractivity contribution in [1.29, 1.82) is 0 Å². The minimum Gasteiger partial charge on any atom is -0.322 e. The Labute approximate surface area is 221 Å². The van der Waals surface area contributed by atoms with E-state index in [1.807, 2.05) is 66.7 Å². The SMILES string of the molecule is O=C(/C=C/c1ccccc1)Nc1cccc(/C=C\C(=O)c2cccc(NC(=O)/C=C/c3ccccc3)c2)c1. The molecule has 0 saturated heterocycles. The Balaban J connectivity index is 1.35. The van der Waals surface area contributed by atoms with Crippen molar-refractivity contribution in [3.8, 4) is 0 Å². The highest BCUT2D eigenvalue weighted by molar-refractivity contribution is 6.08. The smallest absolute Gasteiger partial charge is 0.248 e. The summed E-state index contributed by atoms with van der Waals surface area (Å²) in [4.78, 5) is 37.3. The molecular formula is C33H26N2O3. The van der Waals surface area contributed by atoms with E-state index in [0.29, 0.717) is 16.9 Å². The quantitative estimate of drug-likeness (QED) is 0.195. The van der Waals surface area contributed by atoms with Gasteiger partial charge >= 0.3 is 0 Å². The van der Waals surface area contributed by atoms with Gasteiger partial charge in [-0.05, 0) is 59.2 Å². The van der Waals surface area contributed by atoms with Gasteiger partial charge in [0.25, 0.3) is 0 Å². The summed E-state index contributed by atoms with van der Waals surface area (Å²) in [6.45, 7) is 0. The van der Waals surface area contributed by atoms with Crippen molar-refractivity contribution in [2.24, 2.45) is 0 Å². The van der Waals surface area contributed by atoms with E-state index >= 15 is 0 Å². The van der Waals surface area contributed by atoms with Gasteiger partial charge in [-0.25, -0.2) is 0 Å². The van der Waals surface area contributed by atoms with Crippen LogP contribution in [-0.2, 0) is 9.59 Å². The average molecular weight is 499 g/mol. The molecule has 0 spiro atoms. The Bertz CT molecular complexity index is 1500. The van der Waals surface area contributed by atoms with Crippen LogP contribution in [0.5, 0.6) is 0 Å². The number of amides is 2. The van der Waals surface area contributed by atoms with Crippen LogP contribution in [-0.4, -0.2) is 17.6 Å². The molecule has 38 heavy (non-hydrogen) atoms. The molecule has 4 aromatic carbocycles. The molecule has 186 valence electrons. The van der Waals surface area contributed by atoms with Gasteiger partial charge in [0.2, 0.25) is 11.8 Å². The van der Waals surface area contributed by atoms with Crippen LogP contribution in [0.3, 0.4) is 0 Å². The number of hydrogen-bond donors (Lipinski definition) is 2. The zero-order valence-electron chi connectivity index (χ0n) is 20.6. The van der Waals surface area contributed by atoms with Gasteiger partial charge in [0, 0.05) is 29.1 Å². The number of nitrogens with one attached hydrogen (secondary N) is 2. The molecule has 0 radical (unpaired) electrons. The lowest BCUT2D eigenvalue weighted by molar-refractivity contribution is -0.112. The predicted molar refractivity (Wildman–Crippen MR) is 154 cm³/mol. The monoisotopic (exact) mass is 498 g/mol. The van der Waals surface area contributed by atoms with Gasteiger partial charge in [0.1, 0.15) is 0 Å². The van der Waals surface area contributed by atoms with Gasteiger partial charge in [-0.3, -0.25) is 14.4 Å². The summed E-state index contributed by atoms with van der Waals surface area (Å²) in [5, 5.41) is 5.61. The van der Waals surface area contributed by atoms with E-state index in [0.717, 1.165) is 16.7 Å². The minimum absolute atomic E-state index is 0.207. The Hall–Kier alpha value is -5.29. The van der Waals surface area contributed by atoms with Crippen LogP contribution in [0.15, 0.2) is 127 Å². The van der Waals surface area contributed by atoms with E-state index in [-0.39, 0.29) is 17.6 Å². The first-order valence-corrected chi connectivity index (χ1v) is 12.1. The Morgan fingerprint density at radius 2 is 0.947 bits per heavy atom. The Morgan fingerprint density at radius 3 is 1.53 bits per heavy atom. The first-order chi connectivity index (χ1) is 18.5. The van der Waals surface area contributed by atoms with Crippen LogP contribution in [0.25, 0.3) is 18.2 Å². The van der Waals surface area contributed by atoms with Gasteiger partial charge in [-0.2, -0.15) is 0 Å². The van der Waals surface area contributed by atoms with E-state index in [4.69, 9.17) is 0 Å². The molecule has 0 atom stereocenters. The van der Waals surface area contributed by atoms with Crippen molar-refractivity contribution in [1.82, 2.24) is 0 Å². The summed E-state index contributed by atoms with van der Waals surface area (Å²) < 4.78 is 0. The minimum atomic E-state index is -0.286. The maximum atomic E-state index is 12.8. The first kappa shape index (κ1) is 25.8. The molecule has 2 N–H and O–H groups in total. The molecule has 0 unspecified atom stereocenters. The standard InChI is InChI=1S/C33H26N2O3/c36-31(28-14-8-16-30(24-28)35-33(38)22-19-26-11-5-2-6-12-26)20-17-27-13-7-15-29(23-27)34-32(37)21-18-25-9-3-1-4-10-25/h1-24H,(H,34,37)(H,35,38)/b20-17-,21-18+,22-19+. The fraction of sp³-hybridized carbons (Fsp3) is 0. The molecule has 0 heterocycles. The number of ketones is 1. The summed E-state index contributed by atoms with van der Waals surface area (Å²) in [6.07, 6.45) is 9.55. The van der Waals surface area contributed by atoms with Crippen molar-refractivity contribution in [3.05, 3.63) is 150 Å². The highest BCUT2D eigenvalue weighted by atomic mass is 16.2. The van der Waals surface area contributed by atoms with Crippen molar-refractivity contribution >= 4 is 47.2 Å². The normalized spacial score (nSPS) is 11.2. The van der Waals surface area contributed by atoms with Gasteiger partial charge in [-0.15, -0.1) is 0 Å². The lowest BCUT2D eigenvalue weighted by Gasteiger charge is -2.05. The molecule has 0 saturated carbocycles. The molecule has 0 bridgehead atoms. The van der Waals surface area contributed by atoms with Crippen LogP contribution < -0.4 is 10.6 Å². The zero-order chi connectivity index (χ0) is 26.6. The maximum absolute atomic E-state index is 12.8. The molecule has 0 fully saturated rings. The fourth-order valence-electron chi connectivity index (χ4n) is 3.58. The first-order valence-electron chi connectivity index (χ1n) is 12.1. The third kappa shape index (κ3) is 8.14. The molecule has 4 aromatic rings. The van der Waals surface area contributed by atoms with Crippen LogP contribution in [0.4, 0.5) is 11.4 Å². The molecule has 2 amide bonds. The molecule has 0 aliphatic heterocycles. The molecule has 5 nitrogen and oxygen atoms in total. The number of allylic oxidation sites excluding steroid dienone is 1. The number of carbonyl (C=O) groups excluding carboxylic acids is 3. The Morgan fingerprint density at radius 1 is 0.474 bits per heavy atom. The number of rotatable bonds is 9. The topological polar surface area (TPSA) is 75.3 Å². The fourth-order valence-corrected chi connectivity index (χ4v) is 3.58. The van der Waals surface area contributed by atoms with Crippen molar-refractivity contribution in [2.45, 2.75) is 0 Å². The summed E-state index contributed by atoms with van der Waals surface area (Å²) >= 11 is 0. The van der Waals surface area contributed by atoms with E-state index in [1.165, 1.54) is 18.2 Å². The van der Waals surface area contributed by atoms with E-state index in [1.54, 1.807) is 60.7 Å². The summed E-state index contributed by atoms with van der Waals surface area (Å²) in [5.41, 5.74) is 4.21. The molecule has 0 aliphatic carbocycles. The molecule has 4 rings (SSSR count). The summed E-state index contributed by atoms with van der Waals surface area (Å²) in [5.74, 6) is -0.740. The van der Waals surface area contributed by atoms with Crippen LogP contribution in [0.1, 0.15) is 27.0 Å². The maximum Gasteiger partial charge on any atom is 0.248 e. The van der Waals surface area contributed by atoms with Crippen molar-refractivity contribution in [3.63, 3.8) is 0 Å². The second-order valence-electron chi connectivity index (χ2n) is 8.37. The second kappa shape index (κ2) is 13.1. The van der Waals surface area contributed by atoms with E-state index in [9.17, 15) is 14.4 Å². The van der Waals surface area contributed by atoms with Crippen LogP contribution >= 0.6 is 0 Å². The van der Waals surface area contributed by atoms with E-state index < -0.39 is 0 Å². The number of hydrogen-bond acceptors (Lipinski definition) is 3. The van der Waals surface area contributed by atoms with Crippen molar-refractivity contribution in [2.75, 3.05) is 10.6 Å². The molecule has 5 heteroatoms. The van der Waals surface area contributed by atoms with Crippen molar-refractivity contribution < 1.29 is 14.4 Å². The van der Waals surface area contributed by atoms with Crippen LogP contribution in [0.2, 0.25) is 0 Å². The second-order valence-corrected chi connectivity index (χ2v) is 8.37. The zero-order valence-corrected chi connectivity index (χ0v) is 20.6. The highest BCUT2D eigenvalue weighted by Gasteiger charge is 2.05. The third-order valence-electron chi connectivity index (χ3n) is 5.45. The molecule has 0 aliphatic rings. The van der Waals surface area contributed by atoms with Gasteiger partial charge < -0.3 is 10.6 Å². The number of anilines is 2. The van der Waals surface area contributed by atoms with Gasteiger partial charge in [-0.1, -0.05) is 91.0 Å². The van der Waals surface area contributed by atoms with Gasteiger partial charge in [0.15, 0.2) is 5.78 Å². The molecule has 0 aromatic heterocycles. The summed E-state index contributed by atoms with van der Waals surface area (Å²) in [6, 6.07) is 33.1. The van der Waals surface area contributed by atoms with Crippen LogP contribution in [0, 0.1) is 0 Å². The van der Waals surface area contributed by atoms with E-state index in [2.05, 4.69) is 10.6 Å². The average Bonchev–Trinajstić information content (AvgIpc) is 2.95. The largest absolute Gasteiger partial charge is 0.322 e. The summed E-state index contributed by atoms with van der Waals surface area (Å²) in [7, 11) is 0. The highest BCUT2D eigenvalue weighted by Crippen LogP contribution is 2.15.